The van der Waals surface area contributed by atoms with E-state index in [1.54, 1.807) is 42.7 Å². The summed E-state index contributed by atoms with van der Waals surface area (Å²) >= 11 is 0. The molecule has 0 radical (unpaired) electrons. The molecule has 1 unspecified atom stereocenters. The number of rotatable bonds is 14. The molecule has 0 amide bonds. The van der Waals surface area contributed by atoms with Crippen LogP contribution in [0.4, 0.5) is 0 Å². The van der Waals surface area contributed by atoms with Gasteiger partial charge in [-0.2, -0.15) is 0 Å². The summed E-state index contributed by atoms with van der Waals surface area (Å²) in [7, 11) is 4.91. The van der Waals surface area contributed by atoms with Gasteiger partial charge in [0, 0.05) is 54.7 Å². The highest BCUT2D eigenvalue weighted by molar-refractivity contribution is 6.60. The van der Waals surface area contributed by atoms with Crippen molar-refractivity contribution in [2.24, 2.45) is 5.92 Å². The number of hydrogen-bond donors (Lipinski definition) is 1. The molecule has 0 aliphatic rings. The lowest BCUT2D eigenvalue weighted by Crippen LogP contribution is -2.45. The Morgan fingerprint density at radius 3 is 1.64 bits per heavy atom. The highest BCUT2D eigenvalue weighted by Gasteiger charge is 2.39. The van der Waals surface area contributed by atoms with E-state index in [0.717, 1.165) is 31.6 Å². The third-order valence-electron chi connectivity index (χ3n) is 3.79. The van der Waals surface area contributed by atoms with Gasteiger partial charge in [-0.25, -0.2) is 0 Å². The molecule has 0 aromatic carbocycles. The minimum absolute atomic E-state index is 0.404. The summed E-state index contributed by atoms with van der Waals surface area (Å²) < 4.78 is 32.5. The second kappa shape index (κ2) is 11.7. The smallest absolute Gasteiger partial charge is 0.377 e. The van der Waals surface area contributed by atoms with Crippen LogP contribution >= 0.6 is 0 Å². The second-order valence-corrected chi connectivity index (χ2v) is 11.3. The first kappa shape index (κ1) is 22.2. The minimum Gasteiger partial charge on any atom is -0.377 e. The molecule has 22 heavy (non-hydrogen) atoms. The minimum atomic E-state index is -2.49. The van der Waals surface area contributed by atoms with Crippen molar-refractivity contribution in [2.75, 3.05) is 55.7 Å². The lowest BCUT2D eigenvalue weighted by molar-refractivity contribution is 0.118. The first-order valence-electron chi connectivity index (χ1n) is 7.48. The Kier molecular flexibility index (Phi) is 11.7. The SMILES string of the molecule is CO[Si](CCCNCC(C)C[Si](OC)(OC)OC)(OC)OC. The van der Waals surface area contributed by atoms with Gasteiger partial charge in [0.05, 0.1) is 0 Å². The molecule has 0 rings (SSSR count). The predicted octanol–water partition coefficient (Wildman–Crippen LogP) is 1.36. The van der Waals surface area contributed by atoms with Crippen LogP contribution in [0.5, 0.6) is 0 Å². The van der Waals surface area contributed by atoms with Crippen LogP contribution in [0.15, 0.2) is 0 Å². The zero-order valence-corrected chi connectivity index (χ0v) is 17.1. The Bertz CT molecular complexity index is 261. The molecule has 1 N–H and O–H groups in total. The summed E-state index contributed by atoms with van der Waals surface area (Å²) in [6.45, 7) is 3.92. The van der Waals surface area contributed by atoms with Crippen molar-refractivity contribution in [1.82, 2.24) is 5.32 Å². The van der Waals surface area contributed by atoms with Gasteiger partial charge in [0.15, 0.2) is 0 Å². The summed E-state index contributed by atoms with van der Waals surface area (Å²) in [4.78, 5) is 0. The van der Waals surface area contributed by atoms with Crippen LogP contribution in [0, 0.1) is 5.92 Å². The van der Waals surface area contributed by atoms with Gasteiger partial charge in [0.25, 0.3) is 0 Å². The molecule has 0 bridgehead atoms. The fraction of sp³-hybridized carbons (Fsp3) is 1.00. The zero-order chi connectivity index (χ0) is 17.1. The summed E-state index contributed by atoms with van der Waals surface area (Å²) in [6.07, 6.45) is 0.940. The molecule has 0 fully saturated rings. The monoisotopic (exact) mass is 355 g/mol. The van der Waals surface area contributed by atoms with Crippen molar-refractivity contribution in [3.8, 4) is 0 Å². The van der Waals surface area contributed by atoms with Gasteiger partial charge in [0.2, 0.25) is 0 Å². The highest BCUT2D eigenvalue weighted by atomic mass is 28.4. The van der Waals surface area contributed by atoms with E-state index in [9.17, 15) is 0 Å². The second-order valence-electron chi connectivity index (χ2n) is 5.21. The molecule has 9 heteroatoms. The predicted molar refractivity (Wildman–Crippen MR) is 89.8 cm³/mol. The van der Waals surface area contributed by atoms with E-state index in [-0.39, 0.29) is 0 Å². The largest absolute Gasteiger partial charge is 0.500 e. The van der Waals surface area contributed by atoms with Crippen molar-refractivity contribution >= 4 is 17.6 Å². The fourth-order valence-corrected chi connectivity index (χ4v) is 6.05. The molecule has 0 aromatic rings. The van der Waals surface area contributed by atoms with Crippen molar-refractivity contribution in [3.63, 3.8) is 0 Å². The third kappa shape index (κ3) is 7.15. The molecule has 0 heterocycles. The number of hydrogen-bond acceptors (Lipinski definition) is 7. The number of nitrogens with one attached hydrogen (secondary N) is 1. The Morgan fingerprint density at radius 1 is 0.773 bits per heavy atom. The van der Waals surface area contributed by atoms with Gasteiger partial charge in [-0.15, -0.1) is 0 Å². The van der Waals surface area contributed by atoms with Crippen LogP contribution in [-0.2, 0) is 26.6 Å². The molecule has 134 valence electrons. The van der Waals surface area contributed by atoms with Crippen molar-refractivity contribution < 1.29 is 26.6 Å². The fourth-order valence-electron chi connectivity index (χ4n) is 2.33. The van der Waals surface area contributed by atoms with Gasteiger partial charge in [0.1, 0.15) is 0 Å². The quantitative estimate of drug-likeness (QED) is 0.373. The van der Waals surface area contributed by atoms with Crippen LogP contribution in [-0.4, -0.2) is 73.4 Å². The lowest BCUT2D eigenvalue weighted by Gasteiger charge is -2.27. The van der Waals surface area contributed by atoms with Gasteiger partial charge in [-0.1, -0.05) is 6.92 Å². The molecule has 0 saturated carbocycles. The van der Waals surface area contributed by atoms with E-state index in [1.165, 1.54) is 0 Å². The molecular weight excluding hydrogens is 322 g/mol. The highest BCUT2D eigenvalue weighted by Crippen LogP contribution is 2.19. The first-order valence-corrected chi connectivity index (χ1v) is 11.3. The topological polar surface area (TPSA) is 67.4 Å². The molecule has 0 saturated heterocycles. The van der Waals surface area contributed by atoms with E-state index in [4.69, 9.17) is 26.6 Å². The molecule has 0 aliphatic heterocycles. The van der Waals surface area contributed by atoms with Crippen LogP contribution in [0.1, 0.15) is 13.3 Å². The average molecular weight is 356 g/mol. The van der Waals surface area contributed by atoms with E-state index < -0.39 is 17.6 Å². The normalized spacial score (nSPS) is 14.3. The molecule has 7 nitrogen and oxygen atoms in total. The maximum atomic E-state index is 5.45. The summed E-state index contributed by atoms with van der Waals surface area (Å²) in [5.74, 6) is 0.404. The summed E-state index contributed by atoms with van der Waals surface area (Å²) in [5.41, 5.74) is 0. The van der Waals surface area contributed by atoms with Crippen LogP contribution in [0.25, 0.3) is 0 Å². The maximum absolute atomic E-state index is 5.45. The van der Waals surface area contributed by atoms with Crippen LogP contribution in [0.3, 0.4) is 0 Å². The summed E-state index contributed by atoms with van der Waals surface area (Å²) in [5, 5.41) is 3.44. The molecular formula is C13H33NO6Si2. The Labute approximate surface area is 137 Å². The Hall–Kier alpha value is 0.154. The Morgan fingerprint density at radius 2 is 1.23 bits per heavy atom. The van der Waals surface area contributed by atoms with Crippen LogP contribution < -0.4 is 5.32 Å². The molecule has 1 atom stereocenters. The van der Waals surface area contributed by atoms with E-state index >= 15 is 0 Å². The van der Waals surface area contributed by atoms with Crippen molar-refractivity contribution in [2.45, 2.75) is 25.4 Å². The molecule has 0 aliphatic carbocycles. The van der Waals surface area contributed by atoms with Crippen LogP contribution in [0.2, 0.25) is 12.1 Å². The van der Waals surface area contributed by atoms with Gasteiger partial charge < -0.3 is 31.9 Å². The van der Waals surface area contributed by atoms with E-state index in [1.807, 2.05) is 0 Å². The standard InChI is InChI=1S/C13H33NO6Si2/c1-13(12-22(18-5,19-6)20-7)11-14-9-8-10-21(15-2,16-3)17-4/h13-14H,8-12H2,1-7H3. The van der Waals surface area contributed by atoms with Crippen molar-refractivity contribution in [1.29, 1.82) is 0 Å². The van der Waals surface area contributed by atoms with Crippen molar-refractivity contribution in [3.05, 3.63) is 0 Å². The summed E-state index contributed by atoms with van der Waals surface area (Å²) in [6, 6.07) is 1.58. The zero-order valence-electron chi connectivity index (χ0n) is 15.1. The van der Waals surface area contributed by atoms with E-state index in [0.29, 0.717) is 5.92 Å². The average Bonchev–Trinajstić information content (AvgIpc) is 2.56. The van der Waals surface area contributed by atoms with Gasteiger partial charge in [-0.3, -0.25) is 0 Å². The molecule has 0 aromatic heterocycles. The van der Waals surface area contributed by atoms with Gasteiger partial charge >= 0.3 is 17.6 Å². The van der Waals surface area contributed by atoms with E-state index in [2.05, 4.69) is 12.2 Å². The Balaban J connectivity index is 4.01. The third-order valence-corrected chi connectivity index (χ3v) is 9.69. The maximum Gasteiger partial charge on any atom is 0.500 e. The van der Waals surface area contributed by atoms with Gasteiger partial charge in [-0.05, 0) is 25.4 Å². The molecule has 0 spiro atoms. The lowest BCUT2D eigenvalue weighted by atomic mass is 10.2. The first-order chi connectivity index (χ1) is 10.5.